The molecule has 9 heteroatoms. The van der Waals surface area contributed by atoms with E-state index in [9.17, 15) is 9.59 Å². The summed E-state index contributed by atoms with van der Waals surface area (Å²) in [5.41, 5.74) is 19.8. The number of nitrogens with two attached hydrogens (primary N) is 3. The van der Waals surface area contributed by atoms with Crippen LogP contribution in [0.3, 0.4) is 0 Å². The van der Waals surface area contributed by atoms with Crippen LogP contribution in [0.2, 0.25) is 0 Å². The maximum Gasteiger partial charge on any atom is 0.242 e. The number of nitrogens with one attached hydrogen (secondary N) is 3. The van der Waals surface area contributed by atoms with E-state index in [1.807, 2.05) is 60.8 Å². The summed E-state index contributed by atoms with van der Waals surface area (Å²) < 4.78 is 0. The fourth-order valence-corrected chi connectivity index (χ4v) is 3.59. The lowest BCUT2D eigenvalue weighted by atomic mass is 10.0. The highest BCUT2D eigenvalue weighted by Gasteiger charge is 2.24. The van der Waals surface area contributed by atoms with Crippen molar-refractivity contribution in [2.24, 2.45) is 22.2 Å². The summed E-state index contributed by atoms with van der Waals surface area (Å²) in [7, 11) is 0. The zero-order chi connectivity index (χ0) is 23.6. The van der Waals surface area contributed by atoms with Crippen LogP contribution in [0.15, 0.2) is 65.8 Å². The Morgan fingerprint density at radius 2 is 1.73 bits per heavy atom. The molecule has 0 saturated heterocycles. The monoisotopic (exact) mass is 449 g/mol. The van der Waals surface area contributed by atoms with E-state index >= 15 is 0 Å². The SMILES string of the molecule is NC(N)=NCCC[C@H](NC(=O)[C@@H](N)Cc1c[nH]c2ccccc12)C(=O)NCc1ccccc1. The summed E-state index contributed by atoms with van der Waals surface area (Å²) >= 11 is 0. The molecule has 2 atom stereocenters. The molecule has 0 aliphatic rings. The van der Waals surface area contributed by atoms with Crippen molar-refractivity contribution in [3.05, 3.63) is 71.9 Å². The molecule has 0 unspecified atom stereocenters. The summed E-state index contributed by atoms with van der Waals surface area (Å²) in [6, 6.07) is 15.8. The highest BCUT2D eigenvalue weighted by atomic mass is 16.2. The van der Waals surface area contributed by atoms with Gasteiger partial charge in [0.15, 0.2) is 5.96 Å². The second-order valence-electron chi connectivity index (χ2n) is 7.88. The van der Waals surface area contributed by atoms with Crippen molar-refractivity contribution in [1.29, 1.82) is 0 Å². The van der Waals surface area contributed by atoms with Crippen molar-refractivity contribution in [3.8, 4) is 0 Å². The minimum absolute atomic E-state index is 0.00938. The molecule has 0 bridgehead atoms. The predicted molar refractivity (Wildman–Crippen MR) is 130 cm³/mol. The third kappa shape index (κ3) is 7.08. The van der Waals surface area contributed by atoms with Crippen LogP contribution < -0.4 is 27.8 Å². The number of benzene rings is 2. The first kappa shape index (κ1) is 23.8. The first-order valence-corrected chi connectivity index (χ1v) is 10.9. The van der Waals surface area contributed by atoms with E-state index in [1.165, 1.54) is 0 Å². The standard InChI is InChI=1S/C24H31N7O2/c25-19(13-17-15-29-20-10-5-4-9-18(17)20)22(32)31-21(11-6-12-28-24(26)27)23(33)30-14-16-7-2-1-3-8-16/h1-5,7-10,15,19,21,29H,6,11-14,25H2,(H,30,33)(H,31,32)(H4,26,27,28)/t19-,21-/m0/s1. The lowest BCUT2D eigenvalue weighted by molar-refractivity contribution is -0.129. The van der Waals surface area contributed by atoms with Gasteiger partial charge >= 0.3 is 0 Å². The quantitative estimate of drug-likeness (QED) is 0.145. The first-order chi connectivity index (χ1) is 15.9. The highest BCUT2D eigenvalue weighted by Crippen LogP contribution is 2.18. The van der Waals surface area contributed by atoms with Gasteiger partial charge in [0.2, 0.25) is 11.8 Å². The van der Waals surface area contributed by atoms with Crippen LogP contribution in [0.4, 0.5) is 0 Å². The molecule has 3 rings (SSSR count). The Bertz CT molecular complexity index is 1090. The molecule has 9 nitrogen and oxygen atoms in total. The van der Waals surface area contributed by atoms with Crippen LogP contribution in [0.5, 0.6) is 0 Å². The summed E-state index contributed by atoms with van der Waals surface area (Å²) in [5.74, 6) is -0.678. The fraction of sp³-hybridized carbons (Fsp3) is 0.292. The van der Waals surface area contributed by atoms with Gasteiger partial charge in [0.05, 0.1) is 6.04 Å². The van der Waals surface area contributed by atoms with Crippen molar-refractivity contribution in [1.82, 2.24) is 15.6 Å². The molecule has 33 heavy (non-hydrogen) atoms. The minimum atomic E-state index is -0.800. The van der Waals surface area contributed by atoms with Crippen LogP contribution in [0.25, 0.3) is 10.9 Å². The number of carbonyl (C=O) groups excluding carboxylic acids is 2. The van der Waals surface area contributed by atoms with E-state index < -0.39 is 12.1 Å². The molecule has 0 radical (unpaired) electrons. The van der Waals surface area contributed by atoms with Gasteiger partial charge in [0.25, 0.3) is 0 Å². The van der Waals surface area contributed by atoms with Crippen LogP contribution in [-0.4, -0.2) is 41.4 Å². The van der Waals surface area contributed by atoms with Crippen LogP contribution in [-0.2, 0) is 22.6 Å². The van der Waals surface area contributed by atoms with Gasteiger partial charge in [-0.05, 0) is 36.5 Å². The molecule has 174 valence electrons. The number of aromatic nitrogens is 1. The van der Waals surface area contributed by atoms with Gasteiger partial charge in [0.1, 0.15) is 6.04 Å². The molecular formula is C24H31N7O2. The predicted octanol–water partition coefficient (Wildman–Crippen LogP) is 0.893. The second kappa shape index (κ2) is 11.7. The Morgan fingerprint density at radius 1 is 1.00 bits per heavy atom. The van der Waals surface area contributed by atoms with Crippen molar-refractivity contribution < 1.29 is 9.59 Å². The average Bonchev–Trinajstić information content (AvgIpc) is 3.22. The van der Waals surface area contributed by atoms with Gasteiger partial charge in [-0.1, -0.05) is 48.5 Å². The van der Waals surface area contributed by atoms with Crippen molar-refractivity contribution >= 4 is 28.7 Å². The number of para-hydroxylation sites is 1. The van der Waals surface area contributed by atoms with Gasteiger partial charge in [0, 0.05) is 30.2 Å². The summed E-state index contributed by atoms with van der Waals surface area (Å²) in [4.78, 5) is 32.8. The number of hydrogen-bond acceptors (Lipinski definition) is 4. The first-order valence-electron chi connectivity index (χ1n) is 10.9. The topological polar surface area (TPSA) is 164 Å². The van der Waals surface area contributed by atoms with E-state index in [0.29, 0.717) is 32.4 Å². The molecule has 9 N–H and O–H groups in total. The zero-order valence-electron chi connectivity index (χ0n) is 18.5. The average molecular weight is 450 g/mol. The molecule has 0 aliphatic carbocycles. The molecule has 3 aromatic rings. The van der Waals surface area contributed by atoms with Crippen molar-refractivity contribution in [3.63, 3.8) is 0 Å². The fourth-order valence-electron chi connectivity index (χ4n) is 3.59. The van der Waals surface area contributed by atoms with E-state index in [1.54, 1.807) is 0 Å². The summed E-state index contributed by atoms with van der Waals surface area (Å²) in [6.07, 6.45) is 3.11. The largest absolute Gasteiger partial charge is 0.370 e. The number of aliphatic imine (C=N–C) groups is 1. The van der Waals surface area contributed by atoms with Crippen LogP contribution >= 0.6 is 0 Å². The zero-order valence-corrected chi connectivity index (χ0v) is 18.5. The number of rotatable bonds is 11. The second-order valence-corrected chi connectivity index (χ2v) is 7.88. The Hall–Kier alpha value is -3.85. The van der Waals surface area contributed by atoms with Gasteiger partial charge in [-0.25, -0.2) is 0 Å². The Balaban J connectivity index is 1.61. The molecule has 1 aromatic heterocycles. The molecule has 2 amide bonds. The normalized spacial score (nSPS) is 12.6. The van der Waals surface area contributed by atoms with Crippen molar-refractivity contribution in [2.45, 2.75) is 37.9 Å². The number of hydrogen-bond donors (Lipinski definition) is 6. The minimum Gasteiger partial charge on any atom is -0.370 e. The number of aromatic amines is 1. The third-order valence-corrected chi connectivity index (χ3v) is 5.34. The highest BCUT2D eigenvalue weighted by molar-refractivity contribution is 5.90. The molecular weight excluding hydrogens is 418 g/mol. The molecule has 0 spiro atoms. The van der Waals surface area contributed by atoms with Gasteiger partial charge in [-0.3, -0.25) is 14.6 Å². The van der Waals surface area contributed by atoms with Crippen LogP contribution in [0.1, 0.15) is 24.0 Å². The number of amides is 2. The molecule has 0 fully saturated rings. The van der Waals surface area contributed by atoms with E-state index in [0.717, 1.165) is 22.0 Å². The number of nitrogens with zero attached hydrogens (tertiary/aromatic N) is 1. The molecule has 0 saturated carbocycles. The van der Waals surface area contributed by atoms with E-state index in [4.69, 9.17) is 17.2 Å². The smallest absolute Gasteiger partial charge is 0.242 e. The van der Waals surface area contributed by atoms with Gasteiger partial charge in [-0.2, -0.15) is 0 Å². The number of carbonyl (C=O) groups is 2. The Labute approximate surface area is 192 Å². The maximum atomic E-state index is 12.8. The summed E-state index contributed by atoms with van der Waals surface area (Å²) in [5, 5.41) is 6.71. The van der Waals surface area contributed by atoms with E-state index in [2.05, 4.69) is 20.6 Å². The molecule has 1 heterocycles. The Morgan fingerprint density at radius 3 is 2.48 bits per heavy atom. The van der Waals surface area contributed by atoms with Gasteiger partial charge < -0.3 is 32.8 Å². The summed E-state index contributed by atoms with van der Waals surface area (Å²) in [6.45, 7) is 0.726. The number of H-pyrrole nitrogens is 1. The lowest BCUT2D eigenvalue weighted by Crippen LogP contribution is -2.52. The lowest BCUT2D eigenvalue weighted by Gasteiger charge is -2.20. The molecule has 2 aromatic carbocycles. The Kier molecular flexibility index (Phi) is 8.43. The maximum absolute atomic E-state index is 12.8. The van der Waals surface area contributed by atoms with E-state index in [-0.39, 0.29) is 17.8 Å². The van der Waals surface area contributed by atoms with Crippen molar-refractivity contribution in [2.75, 3.05) is 6.54 Å². The molecule has 0 aliphatic heterocycles. The van der Waals surface area contributed by atoms with Crippen LogP contribution in [0, 0.1) is 0 Å². The van der Waals surface area contributed by atoms with Gasteiger partial charge in [-0.15, -0.1) is 0 Å². The number of guanidine groups is 1. The number of fused-ring (bicyclic) bond motifs is 1. The third-order valence-electron chi connectivity index (χ3n) is 5.34.